The topological polar surface area (TPSA) is 41.3 Å². The second kappa shape index (κ2) is 4.98. The van der Waals surface area contributed by atoms with Gasteiger partial charge < -0.3 is 15.4 Å². The van der Waals surface area contributed by atoms with Gasteiger partial charge in [-0.25, -0.2) is 0 Å². The first-order chi connectivity index (χ1) is 6.69. The molecule has 0 aliphatic heterocycles. The Morgan fingerprint density at radius 3 is 2.64 bits per heavy atom. The second-order valence-corrected chi connectivity index (χ2v) is 3.70. The summed E-state index contributed by atoms with van der Waals surface area (Å²) in [4.78, 5) is 1.40. The molecule has 0 bridgehead atoms. The predicted molar refractivity (Wildman–Crippen MR) is 56.3 cm³/mol. The largest absolute Gasteiger partial charge is 0.497 e. The van der Waals surface area contributed by atoms with Crippen LogP contribution in [-0.2, 0) is 0 Å². The van der Waals surface area contributed by atoms with Crippen LogP contribution in [0.1, 0.15) is 11.6 Å². The molecule has 0 fully saturated rings. The van der Waals surface area contributed by atoms with Crippen LogP contribution < -0.4 is 15.4 Å². The van der Waals surface area contributed by atoms with Crippen LogP contribution in [0.2, 0.25) is 0 Å². The van der Waals surface area contributed by atoms with Gasteiger partial charge in [-0.3, -0.25) is 0 Å². The Morgan fingerprint density at radius 2 is 2.14 bits per heavy atom. The summed E-state index contributed by atoms with van der Waals surface area (Å²) in [5.41, 5.74) is 5.27. The molecular formula is C11H20N2O+2. The van der Waals surface area contributed by atoms with Crippen molar-refractivity contribution in [1.82, 2.24) is 0 Å². The Morgan fingerprint density at radius 1 is 1.43 bits per heavy atom. The van der Waals surface area contributed by atoms with Gasteiger partial charge in [-0.1, -0.05) is 12.1 Å². The number of likely N-dealkylation sites (N-methyl/N-ethyl adjacent to an activating group) is 1. The fourth-order valence-electron chi connectivity index (χ4n) is 1.65. The standard InChI is InChI=1S/C11H18N2O/c1-13(2)11(8-12)9-5-4-6-10(7-9)14-3/h4-7,11H,8,12H2,1-3H3/p+2/t11-/m0/s1. The van der Waals surface area contributed by atoms with E-state index >= 15 is 0 Å². The van der Waals surface area contributed by atoms with Crippen LogP contribution in [-0.4, -0.2) is 27.7 Å². The van der Waals surface area contributed by atoms with E-state index in [4.69, 9.17) is 4.74 Å². The third-order valence-corrected chi connectivity index (χ3v) is 2.48. The molecule has 0 unspecified atom stereocenters. The van der Waals surface area contributed by atoms with Crippen LogP contribution in [0.15, 0.2) is 24.3 Å². The van der Waals surface area contributed by atoms with E-state index in [-0.39, 0.29) is 0 Å². The summed E-state index contributed by atoms with van der Waals surface area (Å²) in [5.74, 6) is 0.919. The third kappa shape index (κ3) is 2.47. The lowest BCUT2D eigenvalue weighted by molar-refractivity contribution is -0.899. The molecule has 3 heteroatoms. The van der Waals surface area contributed by atoms with Crippen molar-refractivity contribution in [3.05, 3.63) is 29.8 Å². The number of hydrogen-bond donors (Lipinski definition) is 2. The van der Waals surface area contributed by atoms with Gasteiger partial charge in [0.1, 0.15) is 12.3 Å². The molecule has 0 saturated heterocycles. The first-order valence-electron chi connectivity index (χ1n) is 4.92. The van der Waals surface area contributed by atoms with Crippen molar-refractivity contribution in [3.63, 3.8) is 0 Å². The smallest absolute Gasteiger partial charge is 0.162 e. The second-order valence-electron chi connectivity index (χ2n) is 3.70. The van der Waals surface area contributed by atoms with Gasteiger partial charge in [0.25, 0.3) is 0 Å². The zero-order valence-electron chi connectivity index (χ0n) is 9.21. The van der Waals surface area contributed by atoms with Gasteiger partial charge in [-0.05, 0) is 12.1 Å². The van der Waals surface area contributed by atoms with Crippen molar-refractivity contribution in [2.45, 2.75) is 6.04 Å². The molecule has 14 heavy (non-hydrogen) atoms. The summed E-state index contributed by atoms with van der Waals surface area (Å²) in [5, 5.41) is 0. The Kier molecular flexibility index (Phi) is 3.92. The van der Waals surface area contributed by atoms with Gasteiger partial charge in [0.15, 0.2) is 6.04 Å². The third-order valence-electron chi connectivity index (χ3n) is 2.48. The maximum absolute atomic E-state index is 5.20. The number of nitrogens with one attached hydrogen (secondary N) is 1. The van der Waals surface area contributed by atoms with Crippen molar-refractivity contribution in [1.29, 1.82) is 0 Å². The Balaban J connectivity index is 2.92. The van der Waals surface area contributed by atoms with Gasteiger partial charge in [0, 0.05) is 5.56 Å². The highest BCUT2D eigenvalue weighted by molar-refractivity contribution is 5.29. The molecule has 0 amide bonds. The molecule has 0 heterocycles. The zero-order valence-corrected chi connectivity index (χ0v) is 9.21. The Bertz CT molecular complexity index is 286. The molecule has 4 N–H and O–H groups in total. The number of ether oxygens (including phenoxy) is 1. The zero-order chi connectivity index (χ0) is 10.6. The molecule has 0 saturated carbocycles. The van der Waals surface area contributed by atoms with E-state index in [0.717, 1.165) is 12.3 Å². The summed E-state index contributed by atoms with van der Waals surface area (Å²) in [7, 11) is 5.99. The minimum atomic E-state index is 0.449. The maximum atomic E-state index is 5.20. The summed E-state index contributed by atoms with van der Waals surface area (Å²) >= 11 is 0. The first-order valence-corrected chi connectivity index (χ1v) is 4.92. The van der Waals surface area contributed by atoms with Crippen molar-refractivity contribution in [3.8, 4) is 5.75 Å². The number of benzene rings is 1. The van der Waals surface area contributed by atoms with Gasteiger partial charge in [0.05, 0.1) is 21.2 Å². The molecule has 1 aromatic rings. The van der Waals surface area contributed by atoms with Gasteiger partial charge >= 0.3 is 0 Å². The molecule has 1 rings (SSSR count). The lowest BCUT2D eigenvalue weighted by atomic mass is 10.1. The molecule has 3 nitrogen and oxygen atoms in total. The highest BCUT2D eigenvalue weighted by Crippen LogP contribution is 2.16. The average Bonchev–Trinajstić information content (AvgIpc) is 2.19. The number of rotatable bonds is 4. The summed E-state index contributed by atoms with van der Waals surface area (Å²) in [6, 6.07) is 8.66. The van der Waals surface area contributed by atoms with E-state index in [2.05, 4.69) is 32.0 Å². The molecular weight excluding hydrogens is 176 g/mol. The van der Waals surface area contributed by atoms with Crippen molar-refractivity contribution < 1.29 is 15.4 Å². The van der Waals surface area contributed by atoms with Crippen molar-refractivity contribution in [2.24, 2.45) is 0 Å². The summed E-state index contributed by atoms with van der Waals surface area (Å²) < 4.78 is 5.20. The van der Waals surface area contributed by atoms with E-state index < -0.39 is 0 Å². The van der Waals surface area contributed by atoms with E-state index in [0.29, 0.717) is 6.04 Å². The summed E-state index contributed by atoms with van der Waals surface area (Å²) in [6.07, 6.45) is 0. The fraction of sp³-hybridized carbons (Fsp3) is 0.455. The molecule has 78 valence electrons. The van der Waals surface area contributed by atoms with E-state index in [1.54, 1.807) is 7.11 Å². The molecule has 0 spiro atoms. The normalized spacial score (nSPS) is 12.9. The van der Waals surface area contributed by atoms with Crippen LogP contribution >= 0.6 is 0 Å². The van der Waals surface area contributed by atoms with Gasteiger partial charge in [-0.2, -0.15) is 0 Å². The van der Waals surface area contributed by atoms with Gasteiger partial charge in [-0.15, -0.1) is 0 Å². The van der Waals surface area contributed by atoms with Crippen molar-refractivity contribution >= 4 is 0 Å². The van der Waals surface area contributed by atoms with Crippen molar-refractivity contribution in [2.75, 3.05) is 27.7 Å². The van der Waals surface area contributed by atoms with Crippen LogP contribution in [0.25, 0.3) is 0 Å². The highest BCUT2D eigenvalue weighted by Gasteiger charge is 2.17. The Hall–Kier alpha value is -1.06. The van der Waals surface area contributed by atoms with Gasteiger partial charge in [0.2, 0.25) is 0 Å². The maximum Gasteiger partial charge on any atom is 0.162 e. The fourth-order valence-corrected chi connectivity index (χ4v) is 1.65. The van der Waals surface area contributed by atoms with E-state index in [9.17, 15) is 0 Å². The lowest BCUT2D eigenvalue weighted by Gasteiger charge is -2.18. The quantitative estimate of drug-likeness (QED) is 0.645. The molecule has 1 aromatic carbocycles. The number of methoxy groups -OCH3 is 1. The van der Waals surface area contributed by atoms with E-state index in [1.807, 2.05) is 12.1 Å². The molecule has 0 aliphatic rings. The average molecular weight is 196 g/mol. The molecule has 1 atom stereocenters. The number of quaternary nitrogens is 2. The van der Waals surface area contributed by atoms with Crippen LogP contribution in [0.3, 0.4) is 0 Å². The first kappa shape index (κ1) is 11.0. The molecule has 0 radical (unpaired) electrons. The lowest BCUT2D eigenvalue weighted by Crippen LogP contribution is -3.07. The minimum absolute atomic E-state index is 0.449. The SMILES string of the molecule is COc1cccc([C@H](C[NH3+])[NH+](C)C)c1. The minimum Gasteiger partial charge on any atom is -0.497 e. The predicted octanol–water partition coefficient (Wildman–Crippen LogP) is -0.877. The highest BCUT2D eigenvalue weighted by atomic mass is 16.5. The monoisotopic (exact) mass is 196 g/mol. The van der Waals surface area contributed by atoms with Crippen LogP contribution in [0.4, 0.5) is 0 Å². The molecule has 0 aromatic heterocycles. The van der Waals surface area contributed by atoms with Crippen LogP contribution in [0.5, 0.6) is 5.75 Å². The van der Waals surface area contributed by atoms with E-state index in [1.165, 1.54) is 10.5 Å². The summed E-state index contributed by atoms with van der Waals surface area (Å²) in [6.45, 7) is 0.898. The molecule has 0 aliphatic carbocycles. The Labute approximate surface area is 85.5 Å². The van der Waals surface area contributed by atoms with Crippen LogP contribution in [0, 0.1) is 0 Å². The number of hydrogen-bond acceptors (Lipinski definition) is 1.